The first-order valence-electron chi connectivity index (χ1n) is 4.50. The van der Waals surface area contributed by atoms with E-state index in [1.165, 1.54) is 32.1 Å². The Hall–Kier alpha value is -1.17. The van der Waals surface area contributed by atoms with Gasteiger partial charge in [-0.2, -0.15) is 0 Å². The zero-order valence-corrected chi connectivity index (χ0v) is 8.12. The number of carbonyl (C=O) groups is 1. The van der Waals surface area contributed by atoms with Crippen LogP contribution in [-0.2, 0) is 0 Å². The van der Waals surface area contributed by atoms with E-state index in [0.717, 1.165) is 6.42 Å². The zero-order valence-electron chi connectivity index (χ0n) is 8.12. The smallest absolute Gasteiger partial charge is 0.450 e. The highest BCUT2D eigenvalue weighted by Crippen LogP contribution is 2.03. The van der Waals surface area contributed by atoms with E-state index in [9.17, 15) is 0 Å². The fraction of sp³-hybridized carbons (Fsp3) is 0.700. The number of hydrogen-bond donors (Lipinski definition) is 2. The average Bonchev–Trinajstić information content (AvgIpc) is 2.03. The van der Waals surface area contributed by atoms with E-state index in [4.69, 9.17) is 21.4 Å². The molecule has 0 rings (SSSR count). The maximum atomic E-state index is 8.56. The molecule has 0 aromatic carbocycles. The first-order chi connectivity index (χ1) is 6.15. The average molecular weight is 186 g/mol. The van der Waals surface area contributed by atoms with Gasteiger partial charge in [0.15, 0.2) is 0 Å². The Labute approximate surface area is 79.8 Å². The van der Waals surface area contributed by atoms with E-state index < -0.39 is 6.16 Å². The van der Waals surface area contributed by atoms with E-state index in [1.807, 2.05) is 0 Å². The van der Waals surface area contributed by atoms with Gasteiger partial charge in [-0.25, -0.2) is 4.79 Å². The van der Waals surface area contributed by atoms with Crippen molar-refractivity contribution in [2.45, 2.75) is 45.4 Å². The van der Waals surface area contributed by atoms with Crippen LogP contribution in [0.4, 0.5) is 4.79 Å². The summed E-state index contributed by atoms with van der Waals surface area (Å²) in [5.41, 5.74) is 0. The first kappa shape index (κ1) is 14.4. The van der Waals surface area contributed by atoms with Gasteiger partial charge in [0.1, 0.15) is 0 Å². The summed E-state index contributed by atoms with van der Waals surface area (Å²) in [5, 5.41) is 13.9. The van der Waals surface area contributed by atoms with Gasteiger partial charge in [-0.05, 0) is 6.42 Å². The van der Waals surface area contributed by atoms with Crippen LogP contribution in [0.5, 0.6) is 0 Å². The van der Waals surface area contributed by atoms with Crippen LogP contribution in [0.2, 0.25) is 0 Å². The molecule has 0 bridgehead atoms. The van der Waals surface area contributed by atoms with E-state index in [2.05, 4.69) is 12.8 Å². The highest BCUT2D eigenvalue weighted by atomic mass is 16.6. The van der Waals surface area contributed by atoms with Gasteiger partial charge < -0.3 is 10.2 Å². The maximum Gasteiger partial charge on any atom is 0.503 e. The van der Waals surface area contributed by atoms with Gasteiger partial charge in [-0.15, -0.1) is 12.3 Å². The Morgan fingerprint density at radius 2 is 1.69 bits per heavy atom. The fourth-order valence-corrected chi connectivity index (χ4v) is 0.831. The summed E-state index contributed by atoms with van der Waals surface area (Å²) in [6.45, 7) is 2.22. The molecule has 0 amide bonds. The third kappa shape index (κ3) is 36.2. The van der Waals surface area contributed by atoms with Crippen LogP contribution in [-0.4, -0.2) is 16.4 Å². The van der Waals surface area contributed by atoms with Crippen LogP contribution in [0.25, 0.3) is 0 Å². The van der Waals surface area contributed by atoms with Gasteiger partial charge in [-0.1, -0.05) is 32.6 Å². The quantitative estimate of drug-likeness (QED) is 0.512. The van der Waals surface area contributed by atoms with Gasteiger partial charge in [0.2, 0.25) is 0 Å². The molecule has 76 valence electrons. The van der Waals surface area contributed by atoms with Crippen molar-refractivity contribution in [2.24, 2.45) is 0 Å². The molecule has 0 spiro atoms. The molecule has 13 heavy (non-hydrogen) atoms. The van der Waals surface area contributed by atoms with Crippen molar-refractivity contribution >= 4 is 6.16 Å². The molecule has 0 aliphatic rings. The molecule has 3 heteroatoms. The van der Waals surface area contributed by atoms with E-state index >= 15 is 0 Å². The number of hydrogen-bond acceptors (Lipinski definition) is 1. The number of carboxylic acid groups (broad SMARTS) is 2. The Bertz CT molecular complexity index is 143. The largest absolute Gasteiger partial charge is 0.503 e. The third-order valence-corrected chi connectivity index (χ3v) is 1.42. The Morgan fingerprint density at radius 1 is 1.23 bits per heavy atom. The molecule has 0 fully saturated rings. The summed E-state index contributed by atoms with van der Waals surface area (Å²) in [6, 6.07) is 0. The van der Waals surface area contributed by atoms with E-state index in [1.54, 1.807) is 0 Å². The van der Waals surface area contributed by atoms with Crippen molar-refractivity contribution < 1.29 is 15.0 Å². The third-order valence-electron chi connectivity index (χ3n) is 1.42. The molecule has 0 saturated carbocycles. The Morgan fingerprint density at radius 3 is 2.08 bits per heavy atom. The van der Waals surface area contributed by atoms with Gasteiger partial charge in [0.25, 0.3) is 0 Å². The van der Waals surface area contributed by atoms with Gasteiger partial charge >= 0.3 is 6.16 Å². The molecule has 0 aliphatic heterocycles. The lowest BCUT2D eigenvalue weighted by Gasteiger charge is -1.93. The SMILES string of the molecule is C#CCCCCCCC.O=C(O)O. The molecule has 0 aliphatic carbocycles. The van der Waals surface area contributed by atoms with E-state index in [0.29, 0.717) is 0 Å². The number of unbranched alkanes of at least 4 members (excludes halogenated alkanes) is 5. The summed E-state index contributed by atoms with van der Waals surface area (Å²) in [6.07, 6.45) is 10.8. The number of rotatable bonds is 5. The minimum absolute atomic E-state index is 0.962. The van der Waals surface area contributed by atoms with Crippen molar-refractivity contribution in [3.8, 4) is 12.3 Å². The van der Waals surface area contributed by atoms with Crippen LogP contribution in [0, 0.1) is 12.3 Å². The summed E-state index contributed by atoms with van der Waals surface area (Å²) >= 11 is 0. The molecule has 0 heterocycles. The molecule has 0 aromatic heterocycles. The predicted molar refractivity (Wildman–Crippen MR) is 52.9 cm³/mol. The molecular formula is C10H18O3. The minimum Gasteiger partial charge on any atom is -0.450 e. The lowest BCUT2D eigenvalue weighted by molar-refractivity contribution is 0.137. The van der Waals surface area contributed by atoms with Crippen molar-refractivity contribution in [1.82, 2.24) is 0 Å². The Balaban J connectivity index is 0. The van der Waals surface area contributed by atoms with E-state index in [-0.39, 0.29) is 0 Å². The topological polar surface area (TPSA) is 57.5 Å². The highest BCUT2D eigenvalue weighted by Gasteiger charge is 1.84. The summed E-state index contributed by atoms with van der Waals surface area (Å²) in [7, 11) is 0. The Kier molecular flexibility index (Phi) is 14.8. The van der Waals surface area contributed by atoms with Crippen LogP contribution in [0.1, 0.15) is 45.4 Å². The minimum atomic E-state index is -1.83. The van der Waals surface area contributed by atoms with Crippen LogP contribution in [0.15, 0.2) is 0 Å². The van der Waals surface area contributed by atoms with Crippen molar-refractivity contribution in [3.63, 3.8) is 0 Å². The van der Waals surface area contributed by atoms with Gasteiger partial charge in [0.05, 0.1) is 0 Å². The molecule has 2 N–H and O–H groups in total. The van der Waals surface area contributed by atoms with Crippen LogP contribution < -0.4 is 0 Å². The molecule has 0 radical (unpaired) electrons. The normalized spacial score (nSPS) is 8.00. The molecule has 0 unspecified atom stereocenters. The monoisotopic (exact) mass is 186 g/mol. The molecule has 0 saturated heterocycles. The van der Waals surface area contributed by atoms with Crippen molar-refractivity contribution in [2.75, 3.05) is 0 Å². The summed E-state index contributed by atoms with van der Waals surface area (Å²) in [5.74, 6) is 2.64. The standard InChI is InChI=1S/C9H16.CH2O3/c1-3-5-7-9-8-6-4-2;2-1(3)4/h1H,4-9H2,2H3;(H2,2,3,4). The van der Waals surface area contributed by atoms with Crippen molar-refractivity contribution in [1.29, 1.82) is 0 Å². The van der Waals surface area contributed by atoms with Crippen LogP contribution >= 0.6 is 0 Å². The molecule has 0 atom stereocenters. The lowest BCUT2D eigenvalue weighted by Crippen LogP contribution is -1.81. The van der Waals surface area contributed by atoms with Crippen LogP contribution in [0.3, 0.4) is 0 Å². The number of terminal acetylenes is 1. The first-order valence-corrected chi connectivity index (χ1v) is 4.50. The molecule has 0 aromatic rings. The lowest BCUT2D eigenvalue weighted by atomic mass is 10.1. The molecular weight excluding hydrogens is 168 g/mol. The predicted octanol–water partition coefficient (Wildman–Crippen LogP) is 3.20. The fourth-order valence-electron chi connectivity index (χ4n) is 0.831. The van der Waals surface area contributed by atoms with Gasteiger partial charge in [0, 0.05) is 6.42 Å². The second kappa shape index (κ2) is 13.4. The summed E-state index contributed by atoms with van der Waals surface area (Å²) < 4.78 is 0. The second-order valence-electron chi connectivity index (χ2n) is 2.65. The summed E-state index contributed by atoms with van der Waals surface area (Å²) in [4.78, 5) is 8.56. The van der Waals surface area contributed by atoms with Gasteiger partial charge in [-0.3, -0.25) is 0 Å². The zero-order chi connectivity index (χ0) is 10.5. The van der Waals surface area contributed by atoms with Crippen molar-refractivity contribution in [3.05, 3.63) is 0 Å². The highest BCUT2D eigenvalue weighted by molar-refractivity contribution is 5.53. The molecule has 3 nitrogen and oxygen atoms in total. The second-order valence-corrected chi connectivity index (χ2v) is 2.65. The maximum absolute atomic E-state index is 8.56.